The van der Waals surface area contributed by atoms with E-state index in [1.54, 1.807) is 18.2 Å². The summed E-state index contributed by atoms with van der Waals surface area (Å²) in [6, 6.07) is 12.7. The number of carbonyl (C=O) groups excluding carboxylic acids is 1. The molecule has 0 saturated carbocycles. The van der Waals surface area contributed by atoms with Gasteiger partial charge < -0.3 is 10.1 Å². The Balaban J connectivity index is 1.77. The highest BCUT2D eigenvalue weighted by Crippen LogP contribution is 2.15. The number of benzene rings is 2. The lowest BCUT2D eigenvalue weighted by Gasteiger charge is -2.15. The summed E-state index contributed by atoms with van der Waals surface area (Å²) in [5.74, 6) is 0.239. The molecule has 0 saturated heterocycles. The quantitative estimate of drug-likeness (QED) is 0.759. The van der Waals surface area contributed by atoms with Gasteiger partial charge in [0.15, 0.2) is 0 Å². The summed E-state index contributed by atoms with van der Waals surface area (Å²) >= 11 is 0. The molecule has 0 aliphatic heterocycles. The van der Waals surface area contributed by atoms with Crippen molar-refractivity contribution in [1.29, 1.82) is 0 Å². The zero-order valence-electron chi connectivity index (χ0n) is 14.9. The second kappa shape index (κ2) is 7.35. The van der Waals surface area contributed by atoms with Crippen LogP contribution in [0.25, 0.3) is 10.9 Å². The fourth-order valence-electron chi connectivity index (χ4n) is 2.65. The van der Waals surface area contributed by atoms with Crippen LogP contribution in [0, 0.1) is 6.92 Å². The molecule has 134 valence electrons. The van der Waals surface area contributed by atoms with Crippen LogP contribution in [0.2, 0.25) is 0 Å². The molecular weight excluding hydrogens is 332 g/mol. The summed E-state index contributed by atoms with van der Waals surface area (Å²) in [6.45, 7) is 3.70. The van der Waals surface area contributed by atoms with Gasteiger partial charge in [-0.1, -0.05) is 35.0 Å². The van der Waals surface area contributed by atoms with Crippen LogP contribution >= 0.6 is 0 Å². The third-order valence-corrected chi connectivity index (χ3v) is 4.18. The topological polar surface area (TPSA) is 86.1 Å². The number of nitrogens with zero attached hydrogens (tertiary/aromatic N) is 3. The van der Waals surface area contributed by atoms with E-state index in [-0.39, 0.29) is 24.1 Å². The Bertz CT molecular complexity index is 996. The van der Waals surface area contributed by atoms with E-state index >= 15 is 0 Å². The lowest BCUT2D eigenvalue weighted by atomic mass is 10.1. The van der Waals surface area contributed by atoms with Gasteiger partial charge in [-0.2, -0.15) is 0 Å². The van der Waals surface area contributed by atoms with Crippen molar-refractivity contribution >= 4 is 16.8 Å². The molecule has 2 aromatic carbocycles. The zero-order valence-corrected chi connectivity index (χ0v) is 14.9. The standard InChI is InChI=1S/C19H20N4O3/c1-12-4-6-14(7-5-12)13(2)20-18(24)11-23-19(25)16-10-15(26-3)8-9-17(16)21-22-23/h4-10,13H,11H2,1-3H3,(H,20,24)/t13-/m0/s1. The highest BCUT2D eigenvalue weighted by molar-refractivity contribution is 5.79. The van der Waals surface area contributed by atoms with Crippen LogP contribution in [0.4, 0.5) is 0 Å². The van der Waals surface area contributed by atoms with E-state index in [4.69, 9.17) is 4.74 Å². The molecule has 0 aliphatic rings. The molecule has 3 aromatic rings. The van der Waals surface area contributed by atoms with E-state index in [1.165, 1.54) is 7.11 Å². The Hall–Kier alpha value is -3.22. The second-order valence-corrected chi connectivity index (χ2v) is 6.14. The minimum Gasteiger partial charge on any atom is -0.497 e. The number of rotatable bonds is 5. The van der Waals surface area contributed by atoms with E-state index in [2.05, 4.69) is 15.6 Å². The summed E-state index contributed by atoms with van der Waals surface area (Å²) < 4.78 is 6.19. The van der Waals surface area contributed by atoms with Crippen LogP contribution < -0.4 is 15.6 Å². The third kappa shape index (κ3) is 3.72. The fraction of sp³-hybridized carbons (Fsp3) is 0.263. The van der Waals surface area contributed by atoms with Gasteiger partial charge in [-0.15, -0.1) is 5.10 Å². The van der Waals surface area contributed by atoms with Crippen LogP contribution in [-0.4, -0.2) is 28.0 Å². The number of fused-ring (bicyclic) bond motifs is 1. The molecule has 0 aliphatic carbocycles. The van der Waals surface area contributed by atoms with Crippen LogP contribution in [0.15, 0.2) is 47.3 Å². The predicted molar refractivity (Wildman–Crippen MR) is 98.1 cm³/mol. The number of ether oxygens (including phenoxy) is 1. The van der Waals surface area contributed by atoms with Crippen LogP contribution in [0.3, 0.4) is 0 Å². The average Bonchev–Trinajstić information content (AvgIpc) is 2.64. The Morgan fingerprint density at radius 2 is 1.96 bits per heavy atom. The molecule has 1 N–H and O–H groups in total. The second-order valence-electron chi connectivity index (χ2n) is 6.14. The van der Waals surface area contributed by atoms with Gasteiger partial charge in [-0.05, 0) is 37.6 Å². The number of hydrogen-bond donors (Lipinski definition) is 1. The van der Waals surface area contributed by atoms with Crippen LogP contribution in [-0.2, 0) is 11.3 Å². The molecule has 26 heavy (non-hydrogen) atoms. The minimum absolute atomic E-state index is 0.174. The summed E-state index contributed by atoms with van der Waals surface area (Å²) in [7, 11) is 1.52. The normalized spacial score (nSPS) is 12.0. The molecule has 0 radical (unpaired) electrons. The third-order valence-electron chi connectivity index (χ3n) is 4.18. The number of methoxy groups -OCH3 is 1. The minimum atomic E-state index is -0.382. The van der Waals surface area contributed by atoms with Crippen molar-refractivity contribution in [3.05, 3.63) is 63.9 Å². The number of nitrogens with one attached hydrogen (secondary N) is 1. The molecule has 0 spiro atoms. The first-order chi connectivity index (χ1) is 12.5. The molecule has 0 unspecified atom stereocenters. The van der Waals surface area contributed by atoms with Gasteiger partial charge in [-0.25, -0.2) is 4.68 Å². The molecule has 0 fully saturated rings. The van der Waals surface area contributed by atoms with Crippen molar-refractivity contribution in [3.63, 3.8) is 0 Å². The highest BCUT2D eigenvalue weighted by Gasteiger charge is 2.13. The van der Waals surface area contributed by atoms with Crippen LogP contribution in [0.5, 0.6) is 5.75 Å². The molecular formula is C19H20N4O3. The van der Waals surface area contributed by atoms with Gasteiger partial charge in [-0.3, -0.25) is 9.59 Å². The summed E-state index contributed by atoms with van der Waals surface area (Å²) in [5, 5.41) is 11.1. The molecule has 1 atom stereocenters. The molecule has 7 nitrogen and oxygen atoms in total. The van der Waals surface area contributed by atoms with Gasteiger partial charge in [0.05, 0.1) is 18.5 Å². The van der Waals surface area contributed by atoms with Gasteiger partial charge in [0.25, 0.3) is 5.56 Å². The summed E-state index contributed by atoms with van der Waals surface area (Å²) in [5.41, 5.74) is 2.22. The van der Waals surface area contributed by atoms with E-state index in [0.717, 1.165) is 15.8 Å². The van der Waals surface area contributed by atoms with Gasteiger partial charge in [0.1, 0.15) is 17.8 Å². The first kappa shape index (κ1) is 17.6. The number of aromatic nitrogens is 3. The first-order valence-electron chi connectivity index (χ1n) is 8.25. The van der Waals surface area contributed by atoms with E-state index in [9.17, 15) is 9.59 Å². The molecule has 1 heterocycles. The highest BCUT2D eigenvalue weighted by atomic mass is 16.5. The SMILES string of the molecule is COc1ccc2nnn(CC(=O)N[C@@H](C)c3ccc(C)cc3)c(=O)c2c1. The van der Waals surface area contributed by atoms with Crippen molar-refractivity contribution in [1.82, 2.24) is 20.3 Å². The lowest BCUT2D eigenvalue weighted by molar-refractivity contribution is -0.122. The maximum absolute atomic E-state index is 12.6. The molecule has 1 aromatic heterocycles. The van der Waals surface area contributed by atoms with Gasteiger partial charge in [0, 0.05) is 0 Å². The molecule has 3 rings (SSSR count). The molecule has 1 amide bonds. The Morgan fingerprint density at radius 3 is 2.65 bits per heavy atom. The Kier molecular flexibility index (Phi) is 4.97. The van der Waals surface area contributed by atoms with Gasteiger partial charge >= 0.3 is 0 Å². The predicted octanol–water partition coefficient (Wildman–Crippen LogP) is 1.99. The lowest BCUT2D eigenvalue weighted by Crippen LogP contribution is -2.35. The van der Waals surface area contributed by atoms with Crippen LogP contribution in [0.1, 0.15) is 24.1 Å². The molecule has 0 bridgehead atoms. The van der Waals surface area contributed by atoms with Crippen molar-refractivity contribution in [2.75, 3.05) is 7.11 Å². The average molecular weight is 352 g/mol. The van der Waals surface area contributed by atoms with Crippen molar-refractivity contribution in [3.8, 4) is 5.75 Å². The first-order valence-corrected chi connectivity index (χ1v) is 8.25. The van der Waals surface area contributed by atoms with E-state index in [0.29, 0.717) is 16.7 Å². The Labute approximate surface area is 150 Å². The number of amides is 1. The maximum atomic E-state index is 12.6. The van der Waals surface area contributed by atoms with E-state index < -0.39 is 0 Å². The van der Waals surface area contributed by atoms with Crippen molar-refractivity contribution in [2.45, 2.75) is 26.4 Å². The van der Waals surface area contributed by atoms with Crippen molar-refractivity contribution < 1.29 is 9.53 Å². The number of carbonyl (C=O) groups is 1. The van der Waals surface area contributed by atoms with Crippen molar-refractivity contribution in [2.24, 2.45) is 0 Å². The van der Waals surface area contributed by atoms with Gasteiger partial charge in [0.2, 0.25) is 5.91 Å². The monoisotopic (exact) mass is 352 g/mol. The fourth-order valence-corrected chi connectivity index (χ4v) is 2.65. The summed E-state index contributed by atoms with van der Waals surface area (Å²) in [4.78, 5) is 24.9. The molecule has 7 heteroatoms. The maximum Gasteiger partial charge on any atom is 0.278 e. The smallest absolute Gasteiger partial charge is 0.278 e. The largest absolute Gasteiger partial charge is 0.497 e. The summed E-state index contributed by atoms with van der Waals surface area (Å²) in [6.07, 6.45) is 0. The van der Waals surface area contributed by atoms with E-state index in [1.807, 2.05) is 38.1 Å². The zero-order chi connectivity index (χ0) is 18.7. The number of hydrogen-bond acceptors (Lipinski definition) is 5. The Morgan fingerprint density at radius 1 is 1.23 bits per heavy atom. The number of aryl methyl sites for hydroxylation is 1.